The van der Waals surface area contributed by atoms with E-state index in [-0.39, 0.29) is 5.56 Å². The molecule has 5 nitrogen and oxygen atoms in total. The van der Waals surface area contributed by atoms with Crippen LogP contribution in [-0.4, -0.2) is 20.6 Å². The molecule has 0 spiro atoms. The van der Waals surface area contributed by atoms with Crippen molar-refractivity contribution in [3.8, 4) is 17.1 Å². The Balaban J connectivity index is 1.85. The van der Waals surface area contributed by atoms with Gasteiger partial charge in [0.05, 0.1) is 18.8 Å². The lowest BCUT2D eigenvalue weighted by atomic mass is 10.1. The van der Waals surface area contributed by atoms with Crippen molar-refractivity contribution in [1.29, 1.82) is 0 Å². The quantitative estimate of drug-likeness (QED) is 0.806. The molecule has 0 bridgehead atoms. The van der Waals surface area contributed by atoms with Gasteiger partial charge in [-0.05, 0) is 29.3 Å². The highest BCUT2D eigenvalue weighted by Gasteiger charge is 2.17. The summed E-state index contributed by atoms with van der Waals surface area (Å²) in [5, 5.41) is 9.40. The molecule has 3 aromatic rings. The third kappa shape index (κ3) is 2.31. The number of aromatic nitrogens is 2. The van der Waals surface area contributed by atoms with Crippen LogP contribution in [0.4, 0.5) is 0 Å². The molecule has 5 heteroatoms. The molecule has 0 saturated heterocycles. The molecule has 0 fully saturated rings. The second kappa shape index (κ2) is 5.37. The first kappa shape index (κ1) is 13.7. The molecule has 0 aliphatic carbocycles. The van der Waals surface area contributed by atoms with Gasteiger partial charge in [-0.1, -0.05) is 24.3 Å². The van der Waals surface area contributed by atoms with E-state index in [0.29, 0.717) is 24.6 Å². The van der Waals surface area contributed by atoms with Crippen LogP contribution in [0.3, 0.4) is 0 Å². The first-order valence-electron chi connectivity index (χ1n) is 7.30. The molecule has 2 aromatic carbocycles. The Morgan fingerprint density at radius 1 is 1.13 bits per heavy atom. The number of rotatable bonds is 3. The van der Waals surface area contributed by atoms with E-state index in [1.165, 1.54) is 5.56 Å². The maximum atomic E-state index is 11.5. The number of carboxylic acids is 1. The van der Waals surface area contributed by atoms with E-state index in [1.54, 1.807) is 24.4 Å². The Kier molecular flexibility index (Phi) is 3.20. The van der Waals surface area contributed by atoms with Crippen LogP contribution in [0.25, 0.3) is 17.1 Å². The Morgan fingerprint density at radius 2 is 1.96 bits per heavy atom. The Morgan fingerprint density at radius 3 is 2.83 bits per heavy atom. The maximum absolute atomic E-state index is 11.5. The Hall–Kier alpha value is -2.92. The summed E-state index contributed by atoms with van der Waals surface area (Å²) in [6, 6.07) is 13.0. The van der Waals surface area contributed by atoms with E-state index in [9.17, 15) is 9.90 Å². The van der Waals surface area contributed by atoms with Crippen molar-refractivity contribution in [2.75, 3.05) is 0 Å². The van der Waals surface area contributed by atoms with Gasteiger partial charge in [-0.3, -0.25) is 4.57 Å². The molecule has 0 unspecified atom stereocenters. The van der Waals surface area contributed by atoms with Gasteiger partial charge in [0.1, 0.15) is 5.82 Å². The zero-order valence-electron chi connectivity index (χ0n) is 12.3. The van der Waals surface area contributed by atoms with Crippen molar-refractivity contribution in [2.45, 2.75) is 13.2 Å². The third-order valence-corrected chi connectivity index (χ3v) is 4.02. The van der Waals surface area contributed by atoms with Crippen molar-refractivity contribution in [3.05, 3.63) is 71.5 Å². The molecule has 23 heavy (non-hydrogen) atoms. The van der Waals surface area contributed by atoms with Crippen molar-refractivity contribution >= 4 is 5.97 Å². The minimum Gasteiger partial charge on any atom is -0.478 e. The summed E-state index contributed by atoms with van der Waals surface area (Å²) in [6.45, 7) is 1.26. The third-order valence-electron chi connectivity index (χ3n) is 4.02. The van der Waals surface area contributed by atoms with Gasteiger partial charge in [0.15, 0.2) is 0 Å². The van der Waals surface area contributed by atoms with Gasteiger partial charge < -0.3 is 9.84 Å². The lowest BCUT2D eigenvalue weighted by Gasteiger charge is -2.11. The molecule has 4 rings (SSSR count). The van der Waals surface area contributed by atoms with Crippen molar-refractivity contribution in [3.63, 3.8) is 0 Å². The van der Waals surface area contributed by atoms with Crippen LogP contribution >= 0.6 is 0 Å². The van der Waals surface area contributed by atoms with Crippen LogP contribution < -0.4 is 0 Å². The summed E-state index contributed by atoms with van der Waals surface area (Å²) < 4.78 is 7.35. The molecule has 2 heterocycles. The lowest BCUT2D eigenvalue weighted by molar-refractivity contribution is 0.0697. The fourth-order valence-corrected chi connectivity index (χ4v) is 2.88. The summed E-state index contributed by atoms with van der Waals surface area (Å²) in [5.74, 6) is -0.348. The van der Waals surface area contributed by atoms with Gasteiger partial charge in [0, 0.05) is 23.6 Å². The second-order valence-electron chi connectivity index (χ2n) is 5.42. The van der Waals surface area contributed by atoms with Crippen LogP contribution in [0.2, 0.25) is 0 Å². The molecular formula is C18H14N2O3. The van der Waals surface area contributed by atoms with E-state index in [0.717, 1.165) is 11.3 Å². The number of benzene rings is 2. The molecular weight excluding hydrogens is 292 g/mol. The fraction of sp³-hybridized carbons (Fsp3) is 0.111. The molecule has 0 atom stereocenters. The number of hydrogen-bond donors (Lipinski definition) is 1. The number of fused-ring (bicyclic) bond motifs is 1. The highest BCUT2D eigenvalue weighted by molar-refractivity contribution is 5.95. The summed E-state index contributed by atoms with van der Waals surface area (Å²) >= 11 is 0. The average molecular weight is 306 g/mol. The van der Waals surface area contributed by atoms with Crippen LogP contribution in [-0.2, 0) is 18.0 Å². The SMILES string of the molecule is O=C(O)c1ccccc1-c1nccn1-c1ccc2c(c1)COC2. The maximum Gasteiger partial charge on any atom is 0.336 e. The summed E-state index contributed by atoms with van der Waals surface area (Å²) in [5.41, 5.74) is 4.14. The van der Waals surface area contributed by atoms with E-state index < -0.39 is 5.97 Å². The van der Waals surface area contributed by atoms with Crippen molar-refractivity contribution in [1.82, 2.24) is 9.55 Å². The van der Waals surface area contributed by atoms with Crippen LogP contribution in [0.1, 0.15) is 21.5 Å². The summed E-state index contributed by atoms with van der Waals surface area (Å²) in [6.07, 6.45) is 3.52. The predicted octanol–water partition coefficient (Wildman–Crippen LogP) is 3.27. The van der Waals surface area contributed by atoms with E-state index >= 15 is 0 Å². The van der Waals surface area contributed by atoms with Gasteiger partial charge >= 0.3 is 5.97 Å². The lowest BCUT2D eigenvalue weighted by Crippen LogP contribution is -2.03. The molecule has 1 aliphatic rings. The van der Waals surface area contributed by atoms with E-state index in [2.05, 4.69) is 11.1 Å². The van der Waals surface area contributed by atoms with E-state index in [1.807, 2.05) is 29.0 Å². The number of imidazole rings is 1. The summed E-state index contributed by atoms with van der Waals surface area (Å²) in [7, 11) is 0. The number of aromatic carboxylic acids is 1. The number of nitrogens with zero attached hydrogens (tertiary/aromatic N) is 2. The second-order valence-corrected chi connectivity index (χ2v) is 5.42. The standard InChI is InChI=1S/C18H14N2O3/c21-18(22)16-4-2-1-3-15(16)17-19-7-8-20(17)14-6-5-12-10-23-11-13(12)9-14/h1-9H,10-11H2,(H,21,22). The van der Waals surface area contributed by atoms with Gasteiger partial charge in [-0.25, -0.2) is 9.78 Å². The largest absolute Gasteiger partial charge is 0.478 e. The smallest absolute Gasteiger partial charge is 0.336 e. The monoisotopic (exact) mass is 306 g/mol. The number of hydrogen-bond acceptors (Lipinski definition) is 3. The van der Waals surface area contributed by atoms with Crippen LogP contribution in [0.5, 0.6) is 0 Å². The van der Waals surface area contributed by atoms with Gasteiger partial charge in [0.2, 0.25) is 0 Å². The van der Waals surface area contributed by atoms with Crippen LogP contribution in [0.15, 0.2) is 54.9 Å². The zero-order valence-corrected chi connectivity index (χ0v) is 12.3. The predicted molar refractivity (Wildman–Crippen MR) is 84.5 cm³/mol. The minimum absolute atomic E-state index is 0.240. The number of carbonyl (C=O) groups is 1. The first-order valence-corrected chi connectivity index (χ1v) is 7.30. The highest BCUT2D eigenvalue weighted by atomic mass is 16.5. The zero-order chi connectivity index (χ0) is 15.8. The molecule has 0 amide bonds. The number of ether oxygens (including phenoxy) is 1. The normalized spacial score (nSPS) is 13.0. The van der Waals surface area contributed by atoms with Gasteiger partial charge in [-0.2, -0.15) is 0 Å². The Labute approximate surface area is 132 Å². The molecule has 1 aliphatic heterocycles. The van der Waals surface area contributed by atoms with Gasteiger partial charge in [-0.15, -0.1) is 0 Å². The number of carboxylic acid groups (broad SMARTS) is 1. The van der Waals surface area contributed by atoms with E-state index in [4.69, 9.17) is 4.74 Å². The molecule has 0 radical (unpaired) electrons. The minimum atomic E-state index is -0.961. The first-order chi connectivity index (χ1) is 11.2. The summed E-state index contributed by atoms with van der Waals surface area (Å²) in [4.78, 5) is 15.8. The highest BCUT2D eigenvalue weighted by Crippen LogP contribution is 2.28. The topological polar surface area (TPSA) is 64.3 Å². The average Bonchev–Trinajstić information content (AvgIpc) is 3.23. The van der Waals surface area contributed by atoms with Crippen LogP contribution in [0, 0.1) is 0 Å². The Bertz CT molecular complexity index is 899. The fourth-order valence-electron chi connectivity index (χ4n) is 2.88. The van der Waals surface area contributed by atoms with Crippen molar-refractivity contribution in [2.24, 2.45) is 0 Å². The molecule has 0 saturated carbocycles. The van der Waals surface area contributed by atoms with Crippen molar-refractivity contribution < 1.29 is 14.6 Å². The molecule has 114 valence electrons. The molecule has 1 N–H and O–H groups in total. The van der Waals surface area contributed by atoms with Gasteiger partial charge in [0.25, 0.3) is 0 Å². The molecule has 1 aromatic heterocycles.